The second-order valence-electron chi connectivity index (χ2n) is 8.68. The first kappa shape index (κ1) is 25.1. The van der Waals surface area contributed by atoms with Crippen LogP contribution >= 0.6 is 11.6 Å². The highest BCUT2D eigenvalue weighted by Crippen LogP contribution is 2.37. The highest BCUT2D eigenvalue weighted by molar-refractivity contribution is 6.33. The predicted molar refractivity (Wildman–Crippen MR) is 125 cm³/mol. The van der Waals surface area contributed by atoms with Crippen molar-refractivity contribution in [2.75, 3.05) is 23.0 Å². The fraction of sp³-hybridized carbons (Fsp3) is 0.417. The molecule has 2 aromatic carbocycles. The molecule has 1 fully saturated rings. The van der Waals surface area contributed by atoms with Crippen molar-refractivity contribution >= 4 is 34.7 Å². The molecule has 0 bridgehead atoms. The lowest BCUT2D eigenvalue weighted by Gasteiger charge is -2.34. The van der Waals surface area contributed by atoms with Gasteiger partial charge in [-0.05, 0) is 42.5 Å². The first-order valence-electron chi connectivity index (χ1n) is 11.2. The van der Waals surface area contributed by atoms with Gasteiger partial charge in [0.2, 0.25) is 0 Å². The van der Waals surface area contributed by atoms with Crippen molar-refractivity contribution < 1.29 is 32.2 Å². The fourth-order valence-corrected chi connectivity index (χ4v) is 4.73. The smallest absolute Gasteiger partial charge is 0.431 e. The second kappa shape index (κ2) is 9.93. The molecule has 11 heteroatoms. The first-order chi connectivity index (χ1) is 16.5. The molecule has 1 N–H and O–H groups in total. The molecular weight excluding hydrogens is 490 g/mol. The van der Waals surface area contributed by atoms with E-state index < -0.39 is 36.2 Å². The van der Waals surface area contributed by atoms with Gasteiger partial charge >= 0.3 is 12.1 Å². The number of carboxylic acids is 1. The number of aliphatic carboxylic acids is 1. The third-order valence-corrected chi connectivity index (χ3v) is 6.63. The highest BCUT2D eigenvalue weighted by atomic mass is 35.5. The van der Waals surface area contributed by atoms with E-state index in [0.29, 0.717) is 48.1 Å². The molecule has 0 saturated carbocycles. The van der Waals surface area contributed by atoms with E-state index >= 15 is 0 Å². The van der Waals surface area contributed by atoms with Crippen LogP contribution in [0.2, 0.25) is 5.02 Å². The summed E-state index contributed by atoms with van der Waals surface area (Å²) in [4.78, 5) is 13.3. The maximum Gasteiger partial charge on any atom is 0.431 e. The SMILES string of the molecule is C[C@@H]1C(C(F)(F)F)=NN(c2ccc(OC3CCN(c4cc(F)ccc4Cl)CC3)cc2)[C@H]1CC(=O)O. The number of ether oxygens (including phenoxy) is 1. The van der Waals surface area contributed by atoms with E-state index in [2.05, 4.69) is 5.10 Å². The zero-order valence-electron chi connectivity index (χ0n) is 18.8. The van der Waals surface area contributed by atoms with Crippen LogP contribution in [0.1, 0.15) is 26.2 Å². The van der Waals surface area contributed by atoms with Crippen molar-refractivity contribution in [2.24, 2.45) is 11.0 Å². The van der Waals surface area contributed by atoms with Crippen LogP contribution < -0.4 is 14.6 Å². The summed E-state index contributed by atoms with van der Waals surface area (Å²) >= 11 is 6.20. The van der Waals surface area contributed by atoms with Gasteiger partial charge in [-0.2, -0.15) is 18.3 Å². The average Bonchev–Trinajstić information content (AvgIpc) is 3.12. The molecule has 6 nitrogen and oxygen atoms in total. The summed E-state index contributed by atoms with van der Waals surface area (Å²) < 4.78 is 59.7. The Morgan fingerprint density at radius 2 is 1.83 bits per heavy atom. The lowest BCUT2D eigenvalue weighted by molar-refractivity contribution is -0.137. The van der Waals surface area contributed by atoms with Gasteiger partial charge in [-0.1, -0.05) is 18.5 Å². The Bertz CT molecular complexity index is 1100. The number of alkyl halides is 3. The van der Waals surface area contributed by atoms with Crippen LogP contribution in [-0.4, -0.2) is 48.2 Å². The minimum absolute atomic E-state index is 0.0918. The number of carbonyl (C=O) groups is 1. The third kappa shape index (κ3) is 5.63. The highest BCUT2D eigenvalue weighted by Gasteiger charge is 2.48. The van der Waals surface area contributed by atoms with Gasteiger partial charge in [0.15, 0.2) is 0 Å². The number of rotatable bonds is 6. The normalized spacial score (nSPS) is 21.3. The Morgan fingerprint density at radius 3 is 2.43 bits per heavy atom. The van der Waals surface area contributed by atoms with Crippen LogP contribution in [0.25, 0.3) is 0 Å². The monoisotopic (exact) mass is 513 g/mol. The van der Waals surface area contributed by atoms with E-state index in [4.69, 9.17) is 16.3 Å². The zero-order valence-corrected chi connectivity index (χ0v) is 19.6. The Hall–Kier alpha value is -3.01. The minimum Gasteiger partial charge on any atom is -0.490 e. The molecule has 2 aliphatic heterocycles. The summed E-state index contributed by atoms with van der Waals surface area (Å²) in [5.41, 5.74) is 0.00325. The molecule has 0 aliphatic carbocycles. The molecule has 0 amide bonds. The number of halogens is 5. The molecule has 1 saturated heterocycles. The van der Waals surface area contributed by atoms with Crippen LogP contribution in [0.3, 0.4) is 0 Å². The second-order valence-corrected chi connectivity index (χ2v) is 9.08. The Kier molecular flexibility index (Phi) is 7.12. The summed E-state index contributed by atoms with van der Waals surface area (Å²) in [7, 11) is 0. The van der Waals surface area contributed by atoms with E-state index in [1.54, 1.807) is 24.3 Å². The molecule has 0 aromatic heterocycles. The van der Waals surface area contributed by atoms with Crippen LogP contribution in [0.15, 0.2) is 47.6 Å². The quantitative estimate of drug-likeness (QED) is 0.499. The van der Waals surface area contributed by atoms with Crippen molar-refractivity contribution in [3.05, 3.63) is 53.3 Å². The van der Waals surface area contributed by atoms with Crippen molar-refractivity contribution in [3.63, 3.8) is 0 Å². The third-order valence-electron chi connectivity index (χ3n) is 6.31. The number of nitrogens with zero attached hydrogens (tertiary/aromatic N) is 3. The van der Waals surface area contributed by atoms with Crippen LogP contribution in [0.4, 0.5) is 28.9 Å². The Labute approximate surface area is 204 Å². The summed E-state index contributed by atoms with van der Waals surface area (Å²) in [5, 5.41) is 14.5. The van der Waals surface area contributed by atoms with Gasteiger partial charge in [0.25, 0.3) is 0 Å². The van der Waals surface area contributed by atoms with Crippen LogP contribution in [0.5, 0.6) is 5.75 Å². The maximum absolute atomic E-state index is 13.6. The van der Waals surface area contributed by atoms with Gasteiger partial charge in [0.1, 0.15) is 23.4 Å². The van der Waals surface area contributed by atoms with E-state index in [9.17, 15) is 27.5 Å². The fourth-order valence-electron chi connectivity index (χ4n) is 4.49. The Morgan fingerprint density at radius 1 is 1.17 bits per heavy atom. The van der Waals surface area contributed by atoms with Gasteiger partial charge < -0.3 is 14.7 Å². The zero-order chi connectivity index (χ0) is 25.3. The van der Waals surface area contributed by atoms with Gasteiger partial charge in [0.05, 0.1) is 28.9 Å². The summed E-state index contributed by atoms with van der Waals surface area (Å²) in [6.45, 7) is 2.59. The lowest BCUT2D eigenvalue weighted by Crippen LogP contribution is -2.38. The summed E-state index contributed by atoms with van der Waals surface area (Å²) in [6, 6.07) is 9.71. The van der Waals surface area contributed by atoms with Gasteiger partial charge in [-0.3, -0.25) is 9.80 Å². The summed E-state index contributed by atoms with van der Waals surface area (Å²) in [6.07, 6.45) is -3.85. The Balaban J connectivity index is 1.41. The van der Waals surface area contributed by atoms with Gasteiger partial charge in [-0.25, -0.2) is 4.39 Å². The number of hydrogen-bond donors (Lipinski definition) is 1. The van der Waals surface area contributed by atoms with Crippen molar-refractivity contribution in [2.45, 2.75) is 44.5 Å². The molecule has 4 rings (SSSR count). The standard InChI is InChI=1S/C24H24ClF4N3O3/c1-14-20(13-22(33)34)32(30-23(14)24(27,28)29)16-3-5-17(6-4-16)35-18-8-10-31(11-9-18)21-12-15(26)2-7-19(21)25/h2-7,12,14,18,20H,8-11,13H2,1H3,(H,33,34)/t14-,20-/m0/s1. The number of benzene rings is 2. The minimum atomic E-state index is -4.64. The molecule has 188 valence electrons. The lowest BCUT2D eigenvalue weighted by atomic mass is 9.94. The molecule has 0 radical (unpaired) electrons. The van der Waals surface area contributed by atoms with E-state index in [0.717, 1.165) is 5.01 Å². The predicted octanol–water partition coefficient (Wildman–Crippen LogP) is 5.74. The van der Waals surface area contributed by atoms with Crippen molar-refractivity contribution in [1.82, 2.24) is 0 Å². The number of hydrogen-bond acceptors (Lipinski definition) is 5. The largest absolute Gasteiger partial charge is 0.490 e. The molecule has 0 unspecified atom stereocenters. The molecule has 35 heavy (non-hydrogen) atoms. The van der Waals surface area contributed by atoms with Crippen LogP contribution in [0, 0.1) is 11.7 Å². The molecule has 2 aromatic rings. The maximum atomic E-state index is 13.6. The average molecular weight is 514 g/mol. The molecule has 2 aliphatic rings. The molecular formula is C24H24ClF4N3O3. The summed E-state index contributed by atoms with van der Waals surface area (Å²) in [5.74, 6) is -2.10. The van der Waals surface area contributed by atoms with E-state index in [1.807, 2.05) is 4.90 Å². The number of piperidine rings is 1. The van der Waals surface area contributed by atoms with Crippen molar-refractivity contribution in [3.8, 4) is 5.75 Å². The number of carboxylic acid groups (broad SMARTS) is 1. The number of anilines is 2. The van der Waals surface area contributed by atoms with Crippen LogP contribution in [-0.2, 0) is 4.79 Å². The first-order valence-corrected chi connectivity index (χ1v) is 11.5. The molecule has 2 heterocycles. The van der Waals surface area contributed by atoms with Gasteiger partial charge in [0, 0.05) is 31.8 Å². The molecule has 2 atom stereocenters. The molecule has 0 spiro atoms. The van der Waals surface area contributed by atoms with Gasteiger partial charge in [-0.15, -0.1) is 0 Å². The topological polar surface area (TPSA) is 65.4 Å². The van der Waals surface area contributed by atoms with E-state index in [-0.39, 0.29) is 11.9 Å². The number of hydrazone groups is 1. The van der Waals surface area contributed by atoms with Crippen molar-refractivity contribution in [1.29, 1.82) is 0 Å². The van der Waals surface area contributed by atoms with E-state index in [1.165, 1.54) is 25.1 Å².